The van der Waals surface area contributed by atoms with Crippen molar-refractivity contribution in [2.45, 2.75) is 53.6 Å². The number of carbonyl (C=O) groups is 1. The lowest BCUT2D eigenvalue weighted by Crippen LogP contribution is -2.40. The van der Waals surface area contributed by atoms with E-state index in [1.807, 2.05) is 63.2 Å². The fourth-order valence-corrected chi connectivity index (χ4v) is 2.98. The molecule has 0 saturated carbocycles. The van der Waals surface area contributed by atoms with Gasteiger partial charge in [0.05, 0.1) is 6.54 Å². The van der Waals surface area contributed by atoms with E-state index in [1.165, 1.54) is 5.57 Å². The number of allylic oxidation sites excluding steroid dienone is 5. The number of hydrogen-bond acceptors (Lipinski definition) is 5. The van der Waals surface area contributed by atoms with Crippen LogP contribution >= 0.6 is 0 Å². The van der Waals surface area contributed by atoms with Crippen LogP contribution in [0.3, 0.4) is 0 Å². The molecule has 1 aliphatic carbocycles. The molecular formula is C25H38N4O. The van der Waals surface area contributed by atoms with Crippen molar-refractivity contribution in [3.8, 4) is 0 Å². The van der Waals surface area contributed by atoms with Gasteiger partial charge in [0.2, 0.25) is 0 Å². The van der Waals surface area contributed by atoms with Crippen molar-refractivity contribution < 1.29 is 4.79 Å². The van der Waals surface area contributed by atoms with Crippen molar-refractivity contribution in [2.75, 3.05) is 18.9 Å². The second kappa shape index (κ2) is 14.2. The average molecular weight is 411 g/mol. The summed E-state index contributed by atoms with van der Waals surface area (Å²) in [4.78, 5) is 11.0. The topological polar surface area (TPSA) is 56.7 Å². The van der Waals surface area contributed by atoms with E-state index in [2.05, 4.69) is 42.7 Å². The number of para-hydroxylation sites is 1. The van der Waals surface area contributed by atoms with Crippen molar-refractivity contribution in [2.24, 2.45) is 11.0 Å². The predicted molar refractivity (Wildman–Crippen MR) is 130 cm³/mol. The van der Waals surface area contributed by atoms with E-state index in [4.69, 9.17) is 5.10 Å². The van der Waals surface area contributed by atoms with Crippen molar-refractivity contribution in [3.63, 3.8) is 0 Å². The quantitative estimate of drug-likeness (QED) is 0.144. The summed E-state index contributed by atoms with van der Waals surface area (Å²) in [5.74, 6) is 0.330. The second-order valence-corrected chi connectivity index (χ2v) is 7.21. The highest BCUT2D eigenvalue weighted by Gasteiger charge is 2.13. The summed E-state index contributed by atoms with van der Waals surface area (Å²) >= 11 is 0. The third-order valence-corrected chi connectivity index (χ3v) is 4.86. The minimum absolute atomic E-state index is 0.0502. The Hall–Kier alpha value is -2.82. The molecule has 0 bridgehead atoms. The zero-order chi connectivity index (χ0) is 22.4. The summed E-state index contributed by atoms with van der Waals surface area (Å²) in [5, 5.41) is 13.4. The van der Waals surface area contributed by atoms with Gasteiger partial charge < -0.3 is 10.6 Å². The molecule has 0 saturated heterocycles. The van der Waals surface area contributed by atoms with Gasteiger partial charge in [0.25, 0.3) is 0 Å². The van der Waals surface area contributed by atoms with Gasteiger partial charge in [-0.25, -0.2) is 0 Å². The first-order valence-electron chi connectivity index (χ1n) is 10.8. The Balaban J connectivity index is 0.00000218. The van der Waals surface area contributed by atoms with Crippen LogP contribution in [0.4, 0.5) is 5.69 Å². The average Bonchev–Trinajstić information content (AvgIpc) is 2.98. The minimum Gasteiger partial charge on any atom is -0.379 e. The predicted octanol–water partition coefficient (Wildman–Crippen LogP) is 5.36. The second-order valence-electron chi connectivity index (χ2n) is 7.21. The first-order chi connectivity index (χ1) is 14.5. The molecule has 1 aliphatic rings. The molecule has 1 aromatic carbocycles. The van der Waals surface area contributed by atoms with Crippen molar-refractivity contribution >= 4 is 17.7 Å². The minimum atomic E-state index is -0.0502. The highest BCUT2D eigenvalue weighted by atomic mass is 16.1. The molecule has 0 spiro atoms. The number of hydrogen-bond donors (Lipinski definition) is 2. The summed E-state index contributed by atoms with van der Waals surface area (Å²) in [5.41, 5.74) is 4.32. The molecule has 30 heavy (non-hydrogen) atoms. The van der Waals surface area contributed by atoms with E-state index in [1.54, 1.807) is 6.08 Å². The molecule has 5 nitrogen and oxygen atoms in total. The molecule has 164 valence electrons. The van der Waals surface area contributed by atoms with E-state index < -0.39 is 0 Å². The summed E-state index contributed by atoms with van der Waals surface area (Å²) in [6, 6.07) is 9.93. The first kappa shape index (κ1) is 25.2. The van der Waals surface area contributed by atoms with E-state index in [0.717, 1.165) is 36.2 Å². The van der Waals surface area contributed by atoms with Gasteiger partial charge in [-0.1, -0.05) is 55.8 Å². The van der Waals surface area contributed by atoms with Gasteiger partial charge in [-0.3, -0.25) is 9.80 Å². The number of hydrazone groups is 1. The molecule has 1 aromatic rings. The monoisotopic (exact) mass is 410 g/mol. The number of nitrogens with zero attached hydrogens (tertiary/aromatic N) is 2. The van der Waals surface area contributed by atoms with E-state index in [0.29, 0.717) is 12.5 Å². The zero-order valence-corrected chi connectivity index (χ0v) is 19.4. The Morgan fingerprint density at radius 1 is 1.30 bits per heavy atom. The van der Waals surface area contributed by atoms with Crippen LogP contribution in [0.5, 0.6) is 0 Å². The van der Waals surface area contributed by atoms with Gasteiger partial charge in [-0.2, -0.15) is 5.10 Å². The first-order valence-corrected chi connectivity index (χ1v) is 10.8. The van der Waals surface area contributed by atoms with Crippen molar-refractivity contribution in [1.29, 1.82) is 0 Å². The Morgan fingerprint density at radius 2 is 2.00 bits per heavy atom. The number of rotatable bonds is 9. The number of nitrogens with one attached hydrogen (secondary N) is 2. The Bertz CT molecular complexity index is 750. The van der Waals surface area contributed by atoms with Gasteiger partial charge in [-0.05, 0) is 51.8 Å². The van der Waals surface area contributed by atoms with Crippen LogP contribution in [-0.4, -0.2) is 36.8 Å². The fourth-order valence-electron chi connectivity index (χ4n) is 2.98. The third-order valence-electron chi connectivity index (χ3n) is 4.86. The van der Waals surface area contributed by atoms with Crippen LogP contribution in [0.15, 0.2) is 71.0 Å². The smallest absolute Gasteiger partial charge is 0.144 e. The maximum atomic E-state index is 11.0. The SMILES string of the molecule is CC.CC1=CCC(/C(C)=N/N(C)C(C)N/C(=C\C=O)CNc2ccccc2)C=CC1. The molecule has 0 heterocycles. The lowest BCUT2D eigenvalue weighted by atomic mass is 10.0. The van der Waals surface area contributed by atoms with Crippen LogP contribution in [0.1, 0.15) is 47.5 Å². The summed E-state index contributed by atoms with van der Waals surface area (Å²) in [7, 11) is 1.95. The fraction of sp³-hybridized carbons (Fsp3) is 0.440. The molecule has 0 radical (unpaired) electrons. The van der Waals surface area contributed by atoms with Crippen LogP contribution in [0.25, 0.3) is 0 Å². The molecule has 2 rings (SSSR count). The third kappa shape index (κ3) is 9.12. The van der Waals surface area contributed by atoms with Crippen LogP contribution in [0.2, 0.25) is 0 Å². The maximum Gasteiger partial charge on any atom is 0.144 e. The lowest BCUT2D eigenvalue weighted by molar-refractivity contribution is -0.104. The molecular weight excluding hydrogens is 372 g/mol. The van der Waals surface area contributed by atoms with E-state index >= 15 is 0 Å². The molecule has 2 atom stereocenters. The number of carbonyl (C=O) groups excluding carboxylic acids is 1. The van der Waals surface area contributed by atoms with Crippen LogP contribution < -0.4 is 10.6 Å². The van der Waals surface area contributed by atoms with Crippen LogP contribution in [-0.2, 0) is 4.79 Å². The zero-order valence-electron chi connectivity index (χ0n) is 19.4. The normalized spacial score (nSPS) is 17.7. The molecule has 5 heteroatoms. The van der Waals surface area contributed by atoms with Crippen molar-refractivity contribution in [1.82, 2.24) is 10.3 Å². The Labute approximate surface area is 182 Å². The number of anilines is 1. The number of aldehydes is 1. The number of benzene rings is 1. The maximum absolute atomic E-state index is 11.0. The highest BCUT2D eigenvalue weighted by Crippen LogP contribution is 2.18. The Morgan fingerprint density at radius 3 is 2.67 bits per heavy atom. The van der Waals surface area contributed by atoms with Crippen molar-refractivity contribution in [3.05, 3.63) is 65.9 Å². The van der Waals surface area contributed by atoms with Gasteiger partial charge in [-0.15, -0.1) is 0 Å². The van der Waals surface area contributed by atoms with E-state index in [-0.39, 0.29) is 6.17 Å². The van der Waals surface area contributed by atoms with Crippen LogP contribution in [0, 0.1) is 5.92 Å². The standard InChI is InChI=1S/C23H32N4O.C2H6/c1-18-9-8-10-21(14-13-18)19(2)26-27(4)20(3)25-23(15-16-28)17-24-22-11-6-5-7-12-22;1-2/h5-8,10-13,15-16,20-21,24-25H,9,14,17H2,1-4H3;1-2H3/b23-15-,26-19+;. The molecule has 0 fully saturated rings. The van der Waals surface area contributed by atoms with Gasteiger partial charge in [0.15, 0.2) is 0 Å². The Kier molecular flexibility index (Phi) is 11.9. The summed E-state index contributed by atoms with van der Waals surface area (Å²) < 4.78 is 0. The van der Waals surface area contributed by atoms with Gasteiger partial charge in [0, 0.05) is 30.1 Å². The van der Waals surface area contributed by atoms with E-state index in [9.17, 15) is 4.79 Å². The van der Waals surface area contributed by atoms with Gasteiger partial charge in [0.1, 0.15) is 12.5 Å². The molecule has 0 aromatic heterocycles. The van der Waals surface area contributed by atoms with Gasteiger partial charge >= 0.3 is 0 Å². The highest BCUT2D eigenvalue weighted by molar-refractivity contribution is 5.86. The molecule has 0 aliphatic heterocycles. The molecule has 2 unspecified atom stereocenters. The molecule has 2 N–H and O–H groups in total. The lowest BCUT2D eigenvalue weighted by Gasteiger charge is -2.27. The largest absolute Gasteiger partial charge is 0.379 e. The summed E-state index contributed by atoms with van der Waals surface area (Å²) in [6.45, 7) is 10.8. The molecule has 0 amide bonds. The summed E-state index contributed by atoms with van der Waals surface area (Å²) in [6.07, 6.45) is 11.1.